The van der Waals surface area contributed by atoms with E-state index in [4.69, 9.17) is 14.6 Å². The molecule has 0 bridgehead atoms. The van der Waals surface area contributed by atoms with Crippen LogP contribution in [0.1, 0.15) is 0 Å². The lowest BCUT2D eigenvalue weighted by molar-refractivity contribution is -0.146. The first-order chi connectivity index (χ1) is 8.15. The standard InChI is InChI=1S/C10H18N2O5/c1-16-4-5-17-3-2-12-7-9(13)11-6-8(12)10(14)15/h8H,2-7H2,1H3,(H,11,13)(H,14,15). The Hall–Kier alpha value is -1.18. The minimum absolute atomic E-state index is 0.102. The molecule has 0 spiro atoms. The Morgan fingerprint density at radius 3 is 2.94 bits per heavy atom. The Bertz CT molecular complexity index is 271. The smallest absolute Gasteiger partial charge is 0.322 e. The fourth-order valence-electron chi connectivity index (χ4n) is 1.59. The lowest BCUT2D eigenvalue weighted by Gasteiger charge is -2.32. The van der Waals surface area contributed by atoms with Crippen LogP contribution in [-0.4, -0.2) is 74.5 Å². The van der Waals surface area contributed by atoms with E-state index in [1.807, 2.05) is 0 Å². The Balaban J connectivity index is 2.31. The monoisotopic (exact) mass is 246 g/mol. The fourth-order valence-corrected chi connectivity index (χ4v) is 1.59. The number of carboxylic acids is 1. The summed E-state index contributed by atoms with van der Waals surface area (Å²) in [5, 5.41) is 11.5. The topological polar surface area (TPSA) is 88.1 Å². The number of rotatable bonds is 7. The van der Waals surface area contributed by atoms with E-state index in [2.05, 4.69) is 5.32 Å². The molecule has 0 radical (unpaired) electrons. The van der Waals surface area contributed by atoms with E-state index in [0.717, 1.165) is 0 Å². The largest absolute Gasteiger partial charge is 0.480 e. The highest BCUT2D eigenvalue weighted by Crippen LogP contribution is 2.03. The molecule has 98 valence electrons. The molecule has 1 fully saturated rings. The SMILES string of the molecule is COCCOCCN1CC(=O)NCC1C(=O)O. The van der Waals surface area contributed by atoms with Gasteiger partial charge in [0.05, 0.1) is 26.4 Å². The molecule has 0 aromatic heterocycles. The van der Waals surface area contributed by atoms with Crippen molar-refractivity contribution in [1.82, 2.24) is 10.2 Å². The number of nitrogens with one attached hydrogen (secondary N) is 1. The summed E-state index contributed by atoms with van der Waals surface area (Å²) in [7, 11) is 1.58. The Labute approximate surface area is 99.7 Å². The zero-order valence-electron chi connectivity index (χ0n) is 9.85. The maximum Gasteiger partial charge on any atom is 0.322 e. The van der Waals surface area contributed by atoms with Crippen LogP contribution in [-0.2, 0) is 19.1 Å². The number of aliphatic carboxylic acids is 1. The number of piperazine rings is 1. The molecule has 7 nitrogen and oxygen atoms in total. The van der Waals surface area contributed by atoms with Crippen LogP contribution in [0, 0.1) is 0 Å². The van der Waals surface area contributed by atoms with Crippen molar-refractivity contribution in [2.24, 2.45) is 0 Å². The predicted octanol–water partition coefficient (Wildman–Crippen LogP) is -1.47. The van der Waals surface area contributed by atoms with Gasteiger partial charge in [-0.1, -0.05) is 0 Å². The molecule has 1 saturated heterocycles. The van der Waals surface area contributed by atoms with Gasteiger partial charge in [-0.15, -0.1) is 0 Å². The molecular formula is C10H18N2O5. The molecule has 0 aromatic carbocycles. The number of carboxylic acid groups (broad SMARTS) is 1. The first kappa shape index (κ1) is 13.9. The van der Waals surface area contributed by atoms with Crippen LogP contribution >= 0.6 is 0 Å². The summed E-state index contributed by atoms with van der Waals surface area (Å²) in [5.41, 5.74) is 0. The van der Waals surface area contributed by atoms with E-state index >= 15 is 0 Å². The number of hydrogen-bond donors (Lipinski definition) is 2. The quantitative estimate of drug-likeness (QED) is 0.533. The average Bonchev–Trinajstić information content (AvgIpc) is 2.28. The van der Waals surface area contributed by atoms with Gasteiger partial charge in [-0.2, -0.15) is 0 Å². The maximum absolute atomic E-state index is 11.2. The number of nitrogens with zero attached hydrogens (tertiary/aromatic N) is 1. The van der Waals surface area contributed by atoms with Gasteiger partial charge in [0.25, 0.3) is 0 Å². The molecule has 1 amide bonds. The summed E-state index contributed by atoms with van der Waals surface area (Å²) < 4.78 is 10.1. The van der Waals surface area contributed by atoms with Gasteiger partial charge in [-0.25, -0.2) is 0 Å². The van der Waals surface area contributed by atoms with E-state index in [0.29, 0.717) is 26.4 Å². The number of carbonyl (C=O) groups is 2. The van der Waals surface area contributed by atoms with Crippen LogP contribution in [0.3, 0.4) is 0 Å². The Morgan fingerprint density at radius 2 is 2.29 bits per heavy atom. The van der Waals surface area contributed by atoms with Gasteiger partial charge in [0.1, 0.15) is 6.04 Å². The van der Waals surface area contributed by atoms with Crippen LogP contribution < -0.4 is 5.32 Å². The Morgan fingerprint density at radius 1 is 1.53 bits per heavy atom. The van der Waals surface area contributed by atoms with Gasteiger partial charge in [0, 0.05) is 20.2 Å². The van der Waals surface area contributed by atoms with Gasteiger partial charge in [0.15, 0.2) is 0 Å². The lowest BCUT2D eigenvalue weighted by Crippen LogP contribution is -2.58. The van der Waals surface area contributed by atoms with Crippen molar-refractivity contribution in [3.05, 3.63) is 0 Å². The second-order valence-corrected chi connectivity index (χ2v) is 3.73. The zero-order chi connectivity index (χ0) is 12.7. The summed E-state index contributed by atoms with van der Waals surface area (Å²) >= 11 is 0. The van der Waals surface area contributed by atoms with Crippen molar-refractivity contribution in [3.8, 4) is 0 Å². The highest BCUT2D eigenvalue weighted by Gasteiger charge is 2.31. The Kier molecular flexibility index (Phi) is 5.88. The summed E-state index contributed by atoms with van der Waals surface area (Å²) in [4.78, 5) is 23.7. The summed E-state index contributed by atoms with van der Waals surface area (Å²) in [6.07, 6.45) is 0. The van der Waals surface area contributed by atoms with Gasteiger partial charge in [-0.05, 0) is 0 Å². The van der Waals surface area contributed by atoms with Crippen molar-refractivity contribution in [2.45, 2.75) is 6.04 Å². The number of hydrogen-bond acceptors (Lipinski definition) is 5. The van der Waals surface area contributed by atoms with Crippen molar-refractivity contribution in [1.29, 1.82) is 0 Å². The van der Waals surface area contributed by atoms with Crippen LogP contribution in [0.2, 0.25) is 0 Å². The molecule has 0 aliphatic carbocycles. The highest BCUT2D eigenvalue weighted by atomic mass is 16.5. The summed E-state index contributed by atoms with van der Waals surface area (Å²) in [5.74, 6) is -1.08. The first-order valence-corrected chi connectivity index (χ1v) is 5.45. The highest BCUT2D eigenvalue weighted by molar-refractivity contribution is 5.83. The van der Waals surface area contributed by atoms with E-state index < -0.39 is 12.0 Å². The minimum Gasteiger partial charge on any atom is -0.480 e. The van der Waals surface area contributed by atoms with E-state index in [1.54, 1.807) is 12.0 Å². The molecule has 1 unspecified atom stereocenters. The molecular weight excluding hydrogens is 228 g/mol. The third-order valence-corrected chi connectivity index (χ3v) is 2.52. The van der Waals surface area contributed by atoms with Crippen LogP contribution in [0.25, 0.3) is 0 Å². The second-order valence-electron chi connectivity index (χ2n) is 3.73. The van der Waals surface area contributed by atoms with Crippen LogP contribution in [0.4, 0.5) is 0 Å². The molecule has 1 rings (SSSR count). The maximum atomic E-state index is 11.2. The molecule has 17 heavy (non-hydrogen) atoms. The first-order valence-electron chi connectivity index (χ1n) is 5.45. The van der Waals surface area contributed by atoms with E-state index in [9.17, 15) is 9.59 Å². The molecule has 0 saturated carbocycles. The molecule has 7 heteroatoms. The van der Waals surface area contributed by atoms with E-state index in [-0.39, 0.29) is 19.0 Å². The van der Waals surface area contributed by atoms with Gasteiger partial charge < -0.3 is 19.9 Å². The van der Waals surface area contributed by atoms with Crippen molar-refractivity contribution < 1.29 is 24.2 Å². The molecule has 1 heterocycles. The third-order valence-electron chi connectivity index (χ3n) is 2.52. The van der Waals surface area contributed by atoms with Crippen molar-refractivity contribution in [2.75, 3.05) is 46.6 Å². The van der Waals surface area contributed by atoms with Gasteiger partial charge >= 0.3 is 5.97 Å². The molecule has 2 N–H and O–H groups in total. The number of methoxy groups -OCH3 is 1. The van der Waals surface area contributed by atoms with Crippen molar-refractivity contribution >= 4 is 11.9 Å². The zero-order valence-corrected chi connectivity index (χ0v) is 9.85. The molecule has 1 atom stereocenters. The van der Waals surface area contributed by atoms with Crippen LogP contribution in [0.15, 0.2) is 0 Å². The summed E-state index contributed by atoms with van der Waals surface area (Å²) in [6, 6.07) is -0.668. The van der Waals surface area contributed by atoms with E-state index in [1.165, 1.54) is 0 Å². The fraction of sp³-hybridized carbons (Fsp3) is 0.800. The van der Waals surface area contributed by atoms with Crippen molar-refractivity contribution in [3.63, 3.8) is 0 Å². The predicted molar refractivity (Wildman–Crippen MR) is 58.7 cm³/mol. The number of amides is 1. The lowest BCUT2D eigenvalue weighted by atomic mass is 10.2. The molecule has 0 aromatic rings. The normalized spacial score (nSPS) is 21.2. The van der Waals surface area contributed by atoms with Gasteiger partial charge in [-0.3, -0.25) is 14.5 Å². The molecule has 1 aliphatic rings. The van der Waals surface area contributed by atoms with Gasteiger partial charge in [0.2, 0.25) is 5.91 Å². The number of ether oxygens (including phenoxy) is 2. The summed E-state index contributed by atoms with van der Waals surface area (Å²) in [6.45, 7) is 2.03. The third kappa shape index (κ3) is 4.68. The minimum atomic E-state index is -0.929. The second kappa shape index (κ2) is 7.21. The average molecular weight is 246 g/mol. The van der Waals surface area contributed by atoms with Crippen LogP contribution in [0.5, 0.6) is 0 Å². The molecule has 1 aliphatic heterocycles. The number of carbonyl (C=O) groups excluding carboxylic acids is 1.